The molecule has 1 aromatic heterocycles. The molecule has 2 amide bonds. The van der Waals surface area contributed by atoms with E-state index in [4.69, 9.17) is 0 Å². The summed E-state index contributed by atoms with van der Waals surface area (Å²) in [6.45, 7) is 11.2. The van der Waals surface area contributed by atoms with E-state index in [9.17, 15) is 9.59 Å². The Labute approximate surface area is 197 Å². The third-order valence-corrected chi connectivity index (χ3v) is 7.47. The maximum absolute atomic E-state index is 12.7. The van der Waals surface area contributed by atoms with Crippen molar-refractivity contribution in [3.05, 3.63) is 53.9 Å². The van der Waals surface area contributed by atoms with Crippen LogP contribution in [0.1, 0.15) is 57.2 Å². The van der Waals surface area contributed by atoms with Crippen molar-refractivity contribution in [2.75, 3.05) is 36.4 Å². The van der Waals surface area contributed by atoms with Gasteiger partial charge in [0.05, 0.1) is 17.3 Å². The quantitative estimate of drug-likeness (QED) is 0.701. The molecule has 3 heterocycles. The summed E-state index contributed by atoms with van der Waals surface area (Å²) in [5.41, 5.74) is 3.96. The largest absolute Gasteiger partial charge is 0.368 e. The molecule has 2 fully saturated rings. The van der Waals surface area contributed by atoms with Crippen molar-refractivity contribution in [2.24, 2.45) is 11.3 Å². The highest BCUT2D eigenvalue weighted by molar-refractivity contribution is 5.94. The predicted octanol–water partition coefficient (Wildman–Crippen LogP) is 4.61. The molecule has 0 unspecified atom stereocenters. The fraction of sp³-hybridized carbons (Fsp3) is 0.519. The van der Waals surface area contributed by atoms with Crippen molar-refractivity contribution in [1.82, 2.24) is 9.88 Å². The SMILES string of the molecule is CCC(C)(C)C(=O)N1CCC(c2ccc(NC(=O)C3CN(c4cccnc4C)C3)cc2)CC1. The second-order valence-corrected chi connectivity index (χ2v) is 10.1. The number of aryl methyl sites for hydroxylation is 1. The molecule has 0 radical (unpaired) electrons. The summed E-state index contributed by atoms with van der Waals surface area (Å²) in [7, 11) is 0. The Hall–Kier alpha value is -2.89. The molecular weight excluding hydrogens is 412 g/mol. The number of rotatable bonds is 6. The lowest BCUT2D eigenvalue weighted by atomic mass is 9.85. The molecule has 176 valence electrons. The molecule has 0 bridgehead atoms. The molecule has 6 nitrogen and oxygen atoms in total. The van der Waals surface area contributed by atoms with Gasteiger partial charge in [-0.1, -0.05) is 32.9 Å². The highest BCUT2D eigenvalue weighted by Gasteiger charge is 2.34. The van der Waals surface area contributed by atoms with Gasteiger partial charge in [0.15, 0.2) is 0 Å². The van der Waals surface area contributed by atoms with E-state index in [0.717, 1.165) is 62.5 Å². The fourth-order valence-electron chi connectivity index (χ4n) is 4.73. The van der Waals surface area contributed by atoms with E-state index in [1.807, 2.05) is 43.9 Å². The van der Waals surface area contributed by atoms with Crippen LogP contribution in [0.3, 0.4) is 0 Å². The first-order valence-electron chi connectivity index (χ1n) is 12.1. The minimum absolute atomic E-state index is 0.00137. The maximum Gasteiger partial charge on any atom is 0.231 e. The molecule has 0 atom stereocenters. The van der Waals surface area contributed by atoms with Gasteiger partial charge in [0.2, 0.25) is 11.8 Å². The predicted molar refractivity (Wildman–Crippen MR) is 132 cm³/mol. The smallest absolute Gasteiger partial charge is 0.231 e. The summed E-state index contributed by atoms with van der Waals surface area (Å²) in [4.78, 5) is 33.9. The summed E-state index contributed by atoms with van der Waals surface area (Å²) >= 11 is 0. The van der Waals surface area contributed by atoms with Crippen molar-refractivity contribution in [1.29, 1.82) is 0 Å². The second-order valence-electron chi connectivity index (χ2n) is 10.1. The van der Waals surface area contributed by atoms with Crippen molar-refractivity contribution in [2.45, 2.75) is 52.9 Å². The first-order chi connectivity index (χ1) is 15.8. The van der Waals surface area contributed by atoms with Gasteiger partial charge in [-0.2, -0.15) is 0 Å². The Kier molecular flexibility index (Phi) is 6.73. The molecule has 1 aromatic carbocycles. The van der Waals surface area contributed by atoms with Gasteiger partial charge < -0.3 is 15.1 Å². The topological polar surface area (TPSA) is 65.5 Å². The third kappa shape index (κ3) is 5.05. The van der Waals surface area contributed by atoms with E-state index < -0.39 is 0 Å². The Morgan fingerprint density at radius 2 is 1.76 bits per heavy atom. The van der Waals surface area contributed by atoms with Crippen LogP contribution in [0.25, 0.3) is 0 Å². The number of pyridine rings is 1. The zero-order valence-corrected chi connectivity index (χ0v) is 20.3. The van der Waals surface area contributed by atoms with Gasteiger partial charge in [-0.25, -0.2) is 0 Å². The number of likely N-dealkylation sites (tertiary alicyclic amines) is 1. The van der Waals surface area contributed by atoms with Crippen LogP contribution in [0.15, 0.2) is 42.6 Å². The molecule has 0 aliphatic carbocycles. The number of aromatic nitrogens is 1. The number of nitrogens with one attached hydrogen (secondary N) is 1. The van der Waals surface area contributed by atoms with Gasteiger partial charge in [-0.05, 0) is 61.9 Å². The van der Waals surface area contributed by atoms with Gasteiger partial charge in [0, 0.05) is 43.5 Å². The van der Waals surface area contributed by atoms with Crippen LogP contribution >= 0.6 is 0 Å². The zero-order valence-electron chi connectivity index (χ0n) is 20.3. The van der Waals surface area contributed by atoms with Crippen LogP contribution in [0.4, 0.5) is 11.4 Å². The van der Waals surface area contributed by atoms with E-state index in [0.29, 0.717) is 5.92 Å². The summed E-state index contributed by atoms with van der Waals surface area (Å²) in [5, 5.41) is 3.07. The van der Waals surface area contributed by atoms with Crippen molar-refractivity contribution < 1.29 is 9.59 Å². The van der Waals surface area contributed by atoms with Crippen molar-refractivity contribution in [3.8, 4) is 0 Å². The van der Waals surface area contributed by atoms with Crippen LogP contribution in [0, 0.1) is 18.3 Å². The lowest BCUT2D eigenvalue weighted by molar-refractivity contribution is -0.141. The van der Waals surface area contributed by atoms with Gasteiger partial charge in [0.25, 0.3) is 0 Å². The van der Waals surface area contributed by atoms with E-state index in [1.54, 1.807) is 6.20 Å². The minimum Gasteiger partial charge on any atom is -0.368 e. The average molecular weight is 449 g/mol. The Morgan fingerprint density at radius 1 is 1.09 bits per heavy atom. The van der Waals surface area contributed by atoms with Crippen LogP contribution in [-0.2, 0) is 9.59 Å². The van der Waals surface area contributed by atoms with E-state index in [-0.39, 0.29) is 23.1 Å². The first-order valence-corrected chi connectivity index (χ1v) is 12.1. The standard InChI is InChI=1S/C27H36N4O2/c1-5-27(3,4)26(33)30-15-12-21(13-16-30)20-8-10-23(11-9-20)29-25(32)22-17-31(18-22)24-7-6-14-28-19(24)2/h6-11,14,21-22H,5,12-13,15-18H2,1-4H3,(H,29,32). The van der Waals surface area contributed by atoms with Gasteiger partial charge in [0.1, 0.15) is 0 Å². The maximum atomic E-state index is 12.7. The zero-order chi connectivity index (χ0) is 23.6. The number of benzene rings is 1. The van der Waals surface area contributed by atoms with E-state index in [2.05, 4.69) is 40.3 Å². The Balaban J connectivity index is 1.26. The number of hydrogen-bond acceptors (Lipinski definition) is 4. The number of nitrogens with zero attached hydrogens (tertiary/aromatic N) is 3. The van der Waals surface area contributed by atoms with Crippen molar-refractivity contribution >= 4 is 23.2 Å². The fourth-order valence-corrected chi connectivity index (χ4v) is 4.73. The average Bonchev–Trinajstić information content (AvgIpc) is 2.79. The summed E-state index contributed by atoms with van der Waals surface area (Å²) in [6, 6.07) is 12.3. The van der Waals surface area contributed by atoms with E-state index in [1.165, 1.54) is 5.56 Å². The Bertz CT molecular complexity index is 987. The van der Waals surface area contributed by atoms with E-state index >= 15 is 0 Å². The van der Waals surface area contributed by atoms with Crippen LogP contribution in [0.2, 0.25) is 0 Å². The lowest BCUT2D eigenvalue weighted by Gasteiger charge is -2.40. The van der Waals surface area contributed by atoms with Gasteiger partial charge in [-0.15, -0.1) is 0 Å². The summed E-state index contributed by atoms with van der Waals surface area (Å²) in [5.74, 6) is 0.811. The number of anilines is 2. The van der Waals surface area contributed by atoms with Gasteiger partial charge in [-0.3, -0.25) is 14.6 Å². The molecule has 0 saturated carbocycles. The van der Waals surface area contributed by atoms with Crippen molar-refractivity contribution in [3.63, 3.8) is 0 Å². The van der Waals surface area contributed by atoms with Crippen LogP contribution in [0.5, 0.6) is 0 Å². The first kappa shape index (κ1) is 23.3. The third-order valence-electron chi connectivity index (χ3n) is 7.47. The molecular formula is C27H36N4O2. The highest BCUT2D eigenvalue weighted by Crippen LogP contribution is 2.32. The molecule has 0 spiro atoms. The number of carbonyl (C=O) groups is 2. The molecule has 2 aromatic rings. The number of amides is 2. The van der Waals surface area contributed by atoms with Gasteiger partial charge >= 0.3 is 0 Å². The Morgan fingerprint density at radius 3 is 2.36 bits per heavy atom. The number of piperidine rings is 1. The molecule has 2 saturated heterocycles. The summed E-state index contributed by atoms with van der Waals surface area (Å²) in [6.07, 6.45) is 4.63. The number of carbonyl (C=O) groups excluding carboxylic acids is 2. The van der Waals surface area contributed by atoms with Crippen LogP contribution in [-0.4, -0.2) is 47.9 Å². The molecule has 6 heteroatoms. The molecule has 1 N–H and O–H groups in total. The highest BCUT2D eigenvalue weighted by atomic mass is 16.2. The minimum atomic E-state index is -0.277. The number of hydrogen-bond donors (Lipinski definition) is 1. The molecule has 2 aliphatic rings. The second kappa shape index (κ2) is 9.54. The molecule has 33 heavy (non-hydrogen) atoms. The molecule has 4 rings (SSSR count). The summed E-state index contributed by atoms with van der Waals surface area (Å²) < 4.78 is 0. The van der Waals surface area contributed by atoms with Crippen LogP contribution < -0.4 is 10.2 Å². The molecule has 2 aliphatic heterocycles. The lowest BCUT2D eigenvalue weighted by Crippen LogP contribution is -2.52. The normalized spacial score (nSPS) is 17.6. The monoisotopic (exact) mass is 448 g/mol.